The first-order valence-electron chi connectivity index (χ1n) is 7.80. The van der Waals surface area contributed by atoms with Crippen LogP contribution in [0, 0.1) is 11.3 Å². The van der Waals surface area contributed by atoms with Gasteiger partial charge in [-0.2, -0.15) is 0 Å². The van der Waals surface area contributed by atoms with E-state index in [1.54, 1.807) is 7.11 Å². The summed E-state index contributed by atoms with van der Waals surface area (Å²) in [6.45, 7) is 9.20. The average Bonchev–Trinajstić information content (AvgIpc) is 2.85. The highest BCUT2D eigenvalue weighted by molar-refractivity contribution is 5.85. The van der Waals surface area contributed by atoms with E-state index >= 15 is 0 Å². The van der Waals surface area contributed by atoms with Crippen molar-refractivity contribution in [3.05, 3.63) is 0 Å². The summed E-state index contributed by atoms with van der Waals surface area (Å²) in [5, 5.41) is 13.0. The highest BCUT2D eigenvalue weighted by Crippen LogP contribution is 2.28. The van der Waals surface area contributed by atoms with Crippen molar-refractivity contribution in [1.29, 1.82) is 0 Å². The third-order valence-corrected chi connectivity index (χ3v) is 4.54. The van der Waals surface area contributed by atoms with Crippen LogP contribution in [0.25, 0.3) is 0 Å². The molecule has 0 spiro atoms. The maximum atomic E-state index is 9.50. The summed E-state index contributed by atoms with van der Waals surface area (Å²) in [5.74, 6) is 0.342. The number of likely N-dealkylation sites (tertiary alicyclic amines) is 1. The molecule has 0 aromatic rings. The van der Waals surface area contributed by atoms with Crippen molar-refractivity contribution in [2.45, 2.75) is 25.9 Å². The number of ether oxygens (including phenoxy) is 2. The van der Waals surface area contributed by atoms with E-state index in [2.05, 4.69) is 17.1 Å². The second-order valence-electron chi connectivity index (χ2n) is 6.70. The largest absolute Gasteiger partial charge is 0.396 e. The van der Waals surface area contributed by atoms with E-state index in [-0.39, 0.29) is 25.1 Å². The maximum Gasteiger partial charge on any atom is 0.0707 e. The Hall–Kier alpha value is 0.0900. The van der Waals surface area contributed by atoms with Crippen LogP contribution in [0.15, 0.2) is 0 Å². The third-order valence-electron chi connectivity index (χ3n) is 4.54. The van der Waals surface area contributed by atoms with Gasteiger partial charge >= 0.3 is 0 Å². The summed E-state index contributed by atoms with van der Waals surface area (Å²) in [5.41, 5.74) is 0.369. The van der Waals surface area contributed by atoms with Gasteiger partial charge < -0.3 is 19.9 Å². The molecule has 2 aliphatic rings. The van der Waals surface area contributed by atoms with Crippen LogP contribution in [0.5, 0.6) is 0 Å². The monoisotopic (exact) mass is 322 g/mol. The average molecular weight is 323 g/mol. The summed E-state index contributed by atoms with van der Waals surface area (Å²) in [7, 11) is 1.70. The second kappa shape index (κ2) is 9.28. The Labute approximate surface area is 134 Å². The minimum absolute atomic E-state index is 0. The van der Waals surface area contributed by atoms with Gasteiger partial charge in [-0.25, -0.2) is 0 Å². The SMILES string of the molecule is COCCOC1CC(CO)CN(CC2(C)CCNC2)C1.Cl. The molecular formula is C15H31ClN2O3. The van der Waals surface area contributed by atoms with Gasteiger partial charge in [0.25, 0.3) is 0 Å². The minimum atomic E-state index is 0. The van der Waals surface area contributed by atoms with E-state index in [0.29, 0.717) is 24.5 Å². The molecule has 2 fully saturated rings. The molecule has 0 bridgehead atoms. The van der Waals surface area contributed by atoms with Gasteiger partial charge in [0, 0.05) is 39.9 Å². The molecular weight excluding hydrogens is 292 g/mol. The molecule has 0 aromatic carbocycles. The topological polar surface area (TPSA) is 54.0 Å². The molecule has 0 radical (unpaired) electrons. The molecule has 6 heteroatoms. The molecule has 2 saturated heterocycles. The second-order valence-corrected chi connectivity index (χ2v) is 6.70. The fourth-order valence-electron chi connectivity index (χ4n) is 3.47. The number of rotatable bonds is 7. The zero-order valence-electron chi connectivity index (χ0n) is 13.3. The number of aliphatic hydroxyl groups is 1. The third kappa shape index (κ3) is 6.00. The van der Waals surface area contributed by atoms with Crippen LogP contribution in [0.3, 0.4) is 0 Å². The number of nitrogens with zero attached hydrogens (tertiary/aromatic N) is 1. The molecule has 2 rings (SSSR count). The van der Waals surface area contributed by atoms with Gasteiger partial charge in [-0.15, -0.1) is 12.4 Å². The van der Waals surface area contributed by atoms with Gasteiger partial charge in [0.15, 0.2) is 0 Å². The zero-order chi connectivity index (χ0) is 14.4. The lowest BCUT2D eigenvalue weighted by Crippen LogP contribution is -2.49. The van der Waals surface area contributed by atoms with Crippen molar-refractivity contribution in [2.75, 3.05) is 59.7 Å². The Morgan fingerprint density at radius 2 is 2.14 bits per heavy atom. The molecule has 5 nitrogen and oxygen atoms in total. The standard InChI is InChI=1S/C15H30N2O3.ClH/c1-15(3-4-16-11-15)12-17-8-13(10-18)7-14(9-17)20-6-5-19-2;/h13-14,16,18H,3-12H2,1-2H3;1H. The Morgan fingerprint density at radius 3 is 2.76 bits per heavy atom. The van der Waals surface area contributed by atoms with E-state index in [1.807, 2.05) is 0 Å². The zero-order valence-corrected chi connectivity index (χ0v) is 14.2. The van der Waals surface area contributed by atoms with Crippen molar-refractivity contribution >= 4 is 12.4 Å². The van der Waals surface area contributed by atoms with Gasteiger partial charge in [-0.3, -0.25) is 4.90 Å². The van der Waals surface area contributed by atoms with Crippen molar-refractivity contribution in [1.82, 2.24) is 10.2 Å². The number of hydrogen-bond donors (Lipinski definition) is 2. The first-order chi connectivity index (χ1) is 9.65. The lowest BCUT2D eigenvalue weighted by molar-refractivity contribution is -0.0499. The number of methoxy groups -OCH3 is 1. The Kier molecular flexibility index (Phi) is 8.46. The molecule has 3 atom stereocenters. The predicted octanol–water partition coefficient (Wildman–Crippen LogP) is 0.754. The molecule has 0 aliphatic carbocycles. The molecule has 0 saturated carbocycles. The van der Waals surface area contributed by atoms with Gasteiger partial charge in [0.2, 0.25) is 0 Å². The summed E-state index contributed by atoms with van der Waals surface area (Å²) >= 11 is 0. The van der Waals surface area contributed by atoms with Crippen LogP contribution in [0.1, 0.15) is 19.8 Å². The molecule has 3 unspecified atom stereocenters. The van der Waals surface area contributed by atoms with Gasteiger partial charge in [0.1, 0.15) is 0 Å². The lowest BCUT2D eigenvalue weighted by atomic mass is 9.87. The molecule has 2 N–H and O–H groups in total. The van der Waals surface area contributed by atoms with E-state index in [4.69, 9.17) is 9.47 Å². The molecule has 21 heavy (non-hydrogen) atoms. The number of hydrogen-bond acceptors (Lipinski definition) is 5. The first kappa shape index (κ1) is 19.1. The van der Waals surface area contributed by atoms with Crippen molar-refractivity contribution in [3.63, 3.8) is 0 Å². The first-order valence-corrected chi connectivity index (χ1v) is 7.80. The summed E-state index contributed by atoms with van der Waals surface area (Å²) in [4.78, 5) is 2.48. The normalized spacial score (nSPS) is 33.9. The number of piperidine rings is 1. The minimum Gasteiger partial charge on any atom is -0.396 e. The van der Waals surface area contributed by atoms with E-state index in [0.717, 1.165) is 39.1 Å². The molecule has 0 amide bonds. The Bertz CT molecular complexity index is 288. The van der Waals surface area contributed by atoms with E-state index in [1.165, 1.54) is 6.42 Å². The van der Waals surface area contributed by atoms with Crippen LogP contribution >= 0.6 is 12.4 Å². The van der Waals surface area contributed by atoms with Crippen LogP contribution in [0.2, 0.25) is 0 Å². The van der Waals surface area contributed by atoms with Gasteiger partial charge in [-0.05, 0) is 30.7 Å². The number of halogens is 1. The van der Waals surface area contributed by atoms with Gasteiger partial charge in [-0.1, -0.05) is 6.92 Å². The Balaban J connectivity index is 0.00000220. The van der Waals surface area contributed by atoms with Gasteiger partial charge in [0.05, 0.1) is 19.3 Å². The molecule has 126 valence electrons. The van der Waals surface area contributed by atoms with Crippen molar-refractivity contribution in [3.8, 4) is 0 Å². The van der Waals surface area contributed by atoms with Crippen molar-refractivity contribution in [2.24, 2.45) is 11.3 Å². The van der Waals surface area contributed by atoms with E-state index in [9.17, 15) is 5.11 Å². The summed E-state index contributed by atoms with van der Waals surface area (Å²) in [6.07, 6.45) is 2.43. The molecule has 2 heterocycles. The number of aliphatic hydroxyl groups excluding tert-OH is 1. The lowest BCUT2D eigenvalue weighted by Gasteiger charge is -2.40. The molecule has 2 aliphatic heterocycles. The van der Waals surface area contributed by atoms with Crippen LogP contribution in [0.4, 0.5) is 0 Å². The highest BCUT2D eigenvalue weighted by atomic mass is 35.5. The number of nitrogens with one attached hydrogen (secondary N) is 1. The fraction of sp³-hybridized carbons (Fsp3) is 1.00. The van der Waals surface area contributed by atoms with E-state index < -0.39 is 0 Å². The van der Waals surface area contributed by atoms with Crippen LogP contribution in [-0.2, 0) is 9.47 Å². The quantitative estimate of drug-likeness (QED) is 0.678. The Morgan fingerprint density at radius 1 is 1.33 bits per heavy atom. The highest BCUT2D eigenvalue weighted by Gasteiger charge is 2.34. The fourth-order valence-corrected chi connectivity index (χ4v) is 3.47. The maximum absolute atomic E-state index is 9.50. The van der Waals surface area contributed by atoms with Crippen LogP contribution < -0.4 is 5.32 Å². The summed E-state index contributed by atoms with van der Waals surface area (Å²) < 4.78 is 10.9. The predicted molar refractivity (Wildman–Crippen MR) is 86.1 cm³/mol. The summed E-state index contributed by atoms with van der Waals surface area (Å²) in [6, 6.07) is 0. The molecule has 0 aromatic heterocycles. The van der Waals surface area contributed by atoms with Crippen molar-refractivity contribution < 1.29 is 14.6 Å². The van der Waals surface area contributed by atoms with Crippen LogP contribution in [-0.4, -0.2) is 75.8 Å². The smallest absolute Gasteiger partial charge is 0.0707 e.